The van der Waals surface area contributed by atoms with E-state index in [1.807, 2.05) is 18.2 Å². The number of hydrogen-bond acceptors (Lipinski definition) is 5. The molecule has 2 N–H and O–H groups in total. The lowest BCUT2D eigenvalue weighted by atomic mass is 9.99. The van der Waals surface area contributed by atoms with Crippen molar-refractivity contribution in [2.24, 2.45) is 0 Å². The van der Waals surface area contributed by atoms with Crippen molar-refractivity contribution in [3.8, 4) is 11.5 Å². The molecule has 140 valence electrons. The van der Waals surface area contributed by atoms with E-state index in [2.05, 4.69) is 0 Å². The summed E-state index contributed by atoms with van der Waals surface area (Å²) >= 11 is 0. The van der Waals surface area contributed by atoms with Crippen molar-refractivity contribution >= 4 is 23.1 Å². The molecule has 0 bridgehead atoms. The number of nitrogens with two attached hydrogens (primary N) is 1. The zero-order valence-electron chi connectivity index (χ0n) is 15.1. The molecule has 0 aliphatic carbocycles. The number of nitrogens with zero attached hydrogens (tertiary/aromatic N) is 1. The van der Waals surface area contributed by atoms with Gasteiger partial charge in [-0.15, -0.1) is 0 Å². The van der Waals surface area contributed by atoms with Crippen LogP contribution in [0.1, 0.15) is 35.2 Å². The quantitative estimate of drug-likeness (QED) is 0.664. The van der Waals surface area contributed by atoms with Gasteiger partial charge in [-0.05, 0) is 48.7 Å². The number of nitrogen functional groups attached to an aromatic ring is 1. The third-order valence-electron chi connectivity index (χ3n) is 5.02. The predicted molar refractivity (Wildman–Crippen MR) is 103 cm³/mol. The molecule has 2 aromatic carbocycles. The minimum absolute atomic E-state index is 0.0487. The number of carbonyl (C=O) groups is 2. The Labute approximate surface area is 157 Å². The van der Waals surface area contributed by atoms with E-state index < -0.39 is 0 Å². The van der Waals surface area contributed by atoms with E-state index in [1.54, 1.807) is 23.1 Å². The second-order valence-electron chi connectivity index (χ2n) is 6.78. The summed E-state index contributed by atoms with van der Waals surface area (Å²) in [5, 5.41) is 0. The van der Waals surface area contributed by atoms with Crippen molar-refractivity contribution in [3.63, 3.8) is 0 Å². The maximum atomic E-state index is 12.7. The lowest BCUT2D eigenvalue weighted by molar-refractivity contribution is -0.118. The van der Waals surface area contributed by atoms with Crippen molar-refractivity contribution in [1.29, 1.82) is 0 Å². The fourth-order valence-electron chi connectivity index (χ4n) is 3.63. The van der Waals surface area contributed by atoms with Crippen LogP contribution in [0.2, 0.25) is 0 Å². The number of hydrogen-bond donors (Lipinski definition) is 1. The van der Waals surface area contributed by atoms with Crippen molar-refractivity contribution < 1.29 is 19.1 Å². The van der Waals surface area contributed by atoms with Gasteiger partial charge in [0.15, 0.2) is 17.3 Å². The second-order valence-corrected chi connectivity index (χ2v) is 6.78. The van der Waals surface area contributed by atoms with Gasteiger partial charge in [0.2, 0.25) is 5.91 Å². The van der Waals surface area contributed by atoms with Crippen molar-refractivity contribution in [2.45, 2.75) is 25.7 Å². The first kappa shape index (κ1) is 17.4. The Morgan fingerprint density at radius 3 is 2.70 bits per heavy atom. The molecule has 27 heavy (non-hydrogen) atoms. The summed E-state index contributed by atoms with van der Waals surface area (Å²) in [5.41, 5.74) is 9.20. The summed E-state index contributed by atoms with van der Waals surface area (Å²) in [6.45, 7) is 1.64. The number of benzene rings is 2. The highest BCUT2D eigenvalue weighted by Crippen LogP contribution is 2.33. The van der Waals surface area contributed by atoms with E-state index >= 15 is 0 Å². The Hall–Kier alpha value is -3.02. The zero-order chi connectivity index (χ0) is 18.8. The van der Waals surface area contributed by atoms with Gasteiger partial charge >= 0.3 is 0 Å². The summed E-state index contributed by atoms with van der Waals surface area (Å²) in [5.74, 6) is 1.10. The first-order valence-electron chi connectivity index (χ1n) is 9.24. The molecule has 6 nitrogen and oxygen atoms in total. The van der Waals surface area contributed by atoms with Gasteiger partial charge < -0.3 is 20.1 Å². The number of rotatable bonds is 4. The van der Waals surface area contributed by atoms with Gasteiger partial charge in [0, 0.05) is 36.3 Å². The number of ether oxygens (including phenoxy) is 2. The molecule has 0 atom stereocenters. The molecule has 0 spiro atoms. The molecule has 0 radical (unpaired) electrons. The molecule has 2 aliphatic heterocycles. The lowest BCUT2D eigenvalue weighted by Crippen LogP contribution is -2.35. The van der Waals surface area contributed by atoms with Crippen molar-refractivity contribution in [1.82, 2.24) is 0 Å². The Morgan fingerprint density at radius 2 is 1.85 bits per heavy atom. The Morgan fingerprint density at radius 1 is 1.04 bits per heavy atom. The van der Waals surface area contributed by atoms with Gasteiger partial charge in [-0.3, -0.25) is 9.59 Å². The molecule has 1 amide bonds. The monoisotopic (exact) mass is 366 g/mol. The molecule has 2 heterocycles. The summed E-state index contributed by atoms with van der Waals surface area (Å²) in [7, 11) is 0. The van der Waals surface area contributed by atoms with Crippen LogP contribution in [0.15, 0.2) is 36.4 Å². The van der Waals surface area contributed by atoms with Gasteiger partial charge in [0.05, 0.1) is 0 Å². The van der Waals surface area contributed by atoms with Crippen LogP contribution < -0.4 is 20.1 Å². The number of Topliss-reactive ketones (excluding diaryl/α,β-unsaturated/α-hetero) is 1. The van der Waals surface area contributed by atoms with Gasteiger partial charge in [0.25, 0.3) is 0 Å². The molecule has 0 saturated heterocycles. The average molecular weight is 366 g/mol. The largest absolute Gasteiger partial charge is 0.486 e. The van der Waals surface area contributed by atoms with Crippen molar-refractivity contribution in [3.05, 3.63) is 47.5 Å². The topological polar surface area (TPSA) is 81.9 Å². The second kappa shape index (κ2) is 7.31. The third-order valence-corrected chi connectivity index (χ3v) is 5.02. The van der Waals surface area contributed by atoms with E-state index in [1.165, 1.54) is 0 Å². The minimum Gasteiger partial charge on any atom is -0.486 e. The van der Waals surface area contributed by atoms with Gasteiger partial charge in [0.1, 0.15) is 13.2 Å². The summed E-state index contributed by atoms with van der Waals surface area (Å²) in [6, 6.07) is 10.8. The maximum absolute atomic E-state index is 12.7. The van der Waals surface area contributed by atoms with Crippen LogP contribution in [0.3, 0.4) is 0 Å². The maximum Gasteiger partial charge on any atom is 0.227 e. The predicted octanol–water partition coefficient (Wildman–Crippen LogP) is 2.98. The first-order chi connectivity index (χ1) is 13.1. The molecule has 0 aromatic heterocycles. The van der Waals surface area contributed by atoms with Crippen LogP contribution in [0.25, 0.3) is 0 Å². The van der Waals surface area contributed by atoms with E-state index in [0.717, 1.165) is 29.8 Å². The first-order valence-corrected chi connectivity index (χ1v) is 9.24. The third kappa shape index (κ3) is 3.47. The number of carbonyl (C=O) groups excluding carboxylic acids is 2. The standard InChI is InChI=1S/C21H22N2O4/c22-16-4-1-5-17-15(16)3-2-10-23(17)21(25)9-7-18(24)14-6-8-19-20(13-14)27-12-11-26-19/h1,4-6,8,13H,2-3,7,9-12,22H2. The highest BCUT2D eigenvalue weighted by atomic mass is 16.6. The fraction of sp³-hybridized carbons (Fsp3) is 0.333. The van der Waals surface area contributed by atoms with Gasteiger partial charge in [-0.25, -0.2) is 0 Å². The van der Waals surface area contributed by atoms with Gasteiger partial charge in [-0.1, -0.05) is 6.07 Å². The van der Waals surface area contributed by atoms with Gasteiger partial charge in [-0.2, -0.15) is 0 Å². The van der Waals surface area contributed by atoms with Crippen LogP contribution in [0.4, 0.5) is 11.4 Å². The highest BCUT2D eigenvalue weighted by molar-refractivity contribution is 6.01. The summed E-state index contributed by atoms with van der Waals surface area (Å²) < 4.78 is 11.0. The smallest absolute Gasteiger partial charge is 0.227 e. The van der Waals surface area contributed by atoms with Crippen LogP contribution in [-0.2, 0) is 11.2 Å². The number of amides is 1. The molecule has 4 rings (SSSR count). The van der Waals surface area contributed by atoms with E-state index in [0.29, 0.717) is 36.8 Å². The molecular weight excluding hydrogens is 344 g/mol. The fourth-order valence-corrected chi connectivity index (χ4v) is 3.63. The molecule has 6 heteroatoms. The van der Waals surface area contributed by atoms with Crippen molar-refractivity contribution in [2.75, 3.05) is 30.4 Å². The molecular formula is C21H22N2O4. The van der Waals surface area contributed by atoms with E-state index in [9.17, 15) is 9.59 Å². The minimum atomic E-state index is -0.0786. The normalized spacial score (nSPS) is 15.2. The molecule has 2 aromatic rings. The molecule has 0 saturated carbocycles. The lowest BCUT2D eigenvalue weighted by Gasteiger charge is -2.30. The average Bonchev–Trinajstić information content (AvgIpc) is 2.71. The number of ketones is 1. The van der Waals surface area contributed by atoms with E-state index in [-0.39, 0.29) is 24.5 Å². The van der Waals surface area contributed by atoms with Crippen LogP contribution in [0, 0.1) is 0 Å². The zero-order valence-corrected chi connectivity index (χ0v) is 15.1. The van der Waals surface area contributed by atoms with E-state index in [4.69, 9.17) is 15.2 Å². The molecule has 0 unspecified atom stereocenters. The van der Waals surface area contributed by atoms with Crippen LogP contribution in [-0.4, -0.2) is 31.4 Å². The Kier molecular flexibility index (Phi) is 4.71. The number of fused-ring (bicyclic) bond motifs is 2. The van der Waals surface area contributed by atoms with Crippen LogP contribution >= 0.6 is 0 Å². The Balaban J connectivity index is 1.43. The number of anilines is 2. The molecule has 0 fully saturated rings. The SMILES string of the molecule is Nc1cccc2c1CCCN2C(=O)CCC(=O)c1ccc2c(c1)OCCO2. The summed E-state index contributed by atoms with van der Waals surface area (Å²) in [4.78, 5) is 27.0. The Bertz CT molecular complexity index is 894. The highest BCUT2D eigenvalue weighted by Gasteiger charge is 2.24. The summed E-state index contributed by atoms with van der Waals surface area (Å²) in [6.07, 6.45) is 2.08. The molecule has 2 aliphatic rings. The van der Waals surface area contributed by atoms with Crippen LogP contribution in [0.5, 0.6) is 11.5 Å².